The summed E-state index contributed by atoms with van der Waals surface area (Å²) in [7, 11) is 3.70. The van der Waals surface area contributed by atoms with Crippen LogP contribution in [0.5, 0.6) is 0 Å². The molecular weight excluding hydrogens is 204 g/mol. The molecule has 1 rings (SSSR count). The molecule has 0 saturated heterocycles. The third-order valence-corrected chi connectivity index (χ3v) is 1.92. The van der Waals surface area contributed by atoms with Crippen molar-refractivity contribution in [2.24, 2.45) is 0 Å². The summed E-state index contributed by atoms with van der Waals surface area (Å²) in [6, 6.07) is 6.72. The third kappa shape index (κ3) is 3.57. The van der Waals surface area contributed by atoms with Crippen molar-refractivity contribution >= 4 is 17.9 Å². The molecule has 1 N–H and O–H groups in total. The van der Waals surface area contributed by atoms with Gasteiger partial charge in [0, 0.05) is 37.6 Å². The van der Waals surface area contributed by atoms with E-state index in [1.807, 2.05) is 14.1 Å². The minimum absolute atomic E-state index is 0.0636. The summed E-state index contributed by atoms with van der Waals surface area (Å²) in [4.78, 5) is 23.6. The average molecular weight is 218 g/mol. The Kier molecular flexibility index (Phi) is 4.27. The summed E-state index contributed by atoms with van der Waals surface area (Å²) in [6.07, 6.45) is 3.80. The molecule has 0 atom stereocenters. The number of nitrogens with zero attached hydrogens (tertiary/aromatic N) is 1. The van der Waals surface area contributed by atoms with Gasteiger partial charge in [0.1, 0.15) is 0 Å². The Morgan fingerprint density at radius 1 is 1.25 bits per heavy atom. The number of carbonyl (C=O) groups excluding carboxylic acids is 2. The van der Waals surface area contributed by atoms with E-state index in [9.17, 15) is 9.59 Å². The first kappa shape index (κ1) is 12.0. The molecule has 0 unspecified atom stereocenters. The maximum atomic E-state index is 11.6. The number of hydrogen-bond donors (Lipinski definition) is 1. The van der Waals surface area contributed by atoms with E-state index >= 15 is 0 Å². The Morgan fingerprint density at radius 3 is 2.38 bits per heavy atom. The lowest BCUT2D eigenvalue weighted by atomic mass is 10.1. The third-order valence-electron chi connectivity index (χ3n) is 1.92. The van der Waals surface area contributed by atoms with Gasteiger partial charge in [-0.25, -0.2) is 0 Å². The Bertz CT molecular complexity index is 394. The first-order valence-electron chi connectivity index (χ1n) is 4.82. The van der Waals surface area contributed by atoms with Crippen LogP contribution in [0.3, 0.4) is 0 Å². The van der Waals surface area contributed by atoms with E-state index in [0.29, 0.717) is 17.7 Å². The van der Waals surface area contributed by atoms with Crippen molar-refractivity contribution in [1.82, 2.24) is 4.90 Å². The Balaban J connectivity index is 2.73. The van der Waals surface area contributed by atoms with Crippen molar-refractivity contribution in [2.75, 3.05) is 19.4 Å². The van der Waals surface area contributed by atoms with E-state index < -0.39 is 0 Å². The molecule has 1 aromatic carbocycles. The highest BCUT2D eigenvalue weighted by Crippen LogP contribution is 2.09. The smallest absolute Gasteiger partial charge is 0.211 e. The maximum absolute atomic E-state index is 11.6. The van der Waals surface area contributed by atoms with Crippen molar-refractivity contribution in [2.45, 2.75) is 0 Å². The lowest BCUT2D eigenvalue weighted by molar-refractivity contribution is -0.105. The summed E-state index contributed by atoms with van der Waals surface area (Å²) in [5, 5.41) is 2.51. The van der Waals surface area contributed by atoms with E-state index in [0.717, 1.165) is 0 Å². The predicted octanol–water partition coefficient (Wildman–Crippen LogP) is 1.51. The summed E-state index contributed by atoms with van der Waals surface area (Å²) in [6.45, 7) is 0. The van der Waals surface area contributed by atoms with Gasteiger partial charge in [-0.3, -0.25) is 9.59 Å². The van der Waals surface area contributed by atoms with Crippen LogP contribution >= 0.6 is 0 Å². The minimum Gasteiger partial charge on any atom is -0.383 e. The van der Waals surface area contributed by atoms with Crippen LogP contribution in [0.25, 0.3) is 0 Å². The molecule has 0 aliphatic rings. The molecule has 0 heterocycles. The van der Waals surface area contributed by atoms with Crippen molar-refractivity contribution < 1.29 is 9.59 Å². The van der Waals surface area contributed by atoms with E-state index in [1.54, 1.807) is 35.4 Å². The minimum atomic E-state index is -0.0636. The summed E-state index contributed by atoms with van der Waals surface area (Å²) >= 11 is 0. The molecule has 4 heteroatoms. The van der Waals surface area contributed by atoms with Gasteiger partial charge in [0.2, 0.25) is 6.41 Å². The SMILES string of the molecule is CN(C)/C=C/C(=O)c1ccc(NC=O)cc1. The molecule has 0 aliphatic carbocycles. The molecule has 0 aromatic heterocycles. The monoisotopic (exact) mass is 218 g/mol. The second-order valence-corrected chi connectivity index (χ2v) is 3.48. The van der Waals surface area contributed by atoms with E-state index in [2.05, 4.69) is 5.32 Å². The van der Waals surface area contributed by atoms with Crippen molar-refractivity contribution in [1.29, 1.82) is 0 Å². The predicted molar refractivity (Wildman–Crippen MR) is 63.3 cm³/mol. The second kappa shape index (κ2) is 5.70. The second-order valence-electron chi connectivity index (χ2n) is 3.48. The molecule has 0 radical (unpaired) electrons. The largest absolute Gasteiger partial charge is 0.383 e. The number of ketones is 1. The van der Waals surface area contributed by atoms with Crippen molar-refractivity contribution in [3.05, 3.63) is 42.1 Å². The fraction of sp³-hybridized carbons (Fsp3) is 0.167. The Labute approximate surface area is 94.6 Å². The van der Waals surface area contributed by atoms with Gasteiger partial charge in [-0.2, -0.15) is 0 Å². The van der Waals surface area contributed by atoms with Crippen LogP contribution < -0.4 is 5.32 Å². The number of carbonyl (C=O) groups is 2. The number of anilines is 1. The van der Waals surface area contributed by atoms with Crippen LogP contribution in [-0.2, 0) is 4.79 Å². The van der Waals surface area contributed by atoms with Crippen LogP contribution in [0.15, 0.2) is 36.5 Å². The fourth-order valence-electron chi connectivity index (χ4n) is 1.11. The summed E-state index contributed by atoms with van der Waals surface area (Å²) < 4.78 is 0. The molecular formula is C12H14N2O2. The molecule has 84 valence electrons. The number of nitrogens with one attached hydrogen (secondary N) is 1. The van der Waals surface area contributed by atoms with Gasteiger partial charge in [0.25, 0.3) is 0 Å². The molecule has 4 nitrogen and oxygen atoms in total. The number of rotatable bonds is 5. The highest BCUT2D eigenvalue weighted by Gasteiger charge is 2.01. The van der Waals surface area contributed by atoms with Crippen LogP contribution in [0, 0.1) is 0 Å². The van der Waals surface area contributed by atoms with Gasteiger partial charge in [-0.05, 0) is 24.3 Å². The zero-order valence-electron chi connectivity index (χ0n) is 9.31. The molecule has 0 fully saturated rings. The lowest BCUT2D eigenvalue weighted by Crippen LogP contribution is -2.03. The van der Waals surface area contributed by atoms with Crippen LogP contribution in [0.4, 0.5) is 5.69 Å². The van der Waals surface area contributed by atoms with Gasteiger partial charge < -0.3 is 10.2 Å². The highest BCUT2D eigenvalue weighted by atomic mass is 16.1. The highest BCUT2D eigenvalue weighted by molar-refractivity contribution is 6.04. The van der Waals surface area contributed by atoms with E-state index in [1.165, 1.54) is 6.08 Å². The Hall–Kier alpha value is -2.10. The first-order chi connectivity index (χ1) is 7.63. The van der Waals surface area contributed by atoms with Crippen LogP contribution in [0.2, 0.25) is 0 Å². The normalized spacial score (nSPS) is 10.1. The lowest BCUT2D eigenvalue weighted by Gasteiger charge is -2.03. The Morgan fingerprint density at radius 2 is 1.88 bits per heavy atom. The maximum Gasteiger partial charge on any atom is 0.211 e. The number of allylic oxidation sites excluding steroid dienone is 1. The van der Waals surface area contributed by atoms with Crippen LogP contribution in [-0.4, -0.2) is 31.2 Å². The fourth-order valence-corrected chi connectivity index (χ4v) is 1.11. The van der Waals surface area contributed by atoms with Gasteiger partial charge in [0.15, 0.2) is 5.78 Å². The number of amides is 1. The van der Waals surface area contributed by atoms with E-state index in [-0.39, 0.29) is 5.78 Å². The van der Waals surface area contributed by atoms with Gasteiger partial charge in [-0.15, -0.1) is 0 Å². The quantitative estimate of drug-likeness (QED) is 0.463. The van der Waals surface area contributed by atoms with Crippen LogP contribution in [0.1, 0.15) is 10.4 Å². The molecule has 0 spiro atoms. The molecule has 0 saturated carbocycles. The standard InChI is InChI=1S/C12H14N2O2/c1-14(2)8-7-12(16)10-3-5-11(6-4-10)13-9-15/h3-9H,1-2H3,(H,13,15)/b8-7+. The van der Waals surface area contributed by atoms with Gasteiger partial charge >= 0.3 is 0 Å². The zero-order chi connectivity index (χ0) is 12.0. The zero-order valence-corrected chi connectivity index (χ0v) is 9.31. The molecule has 0 aliphatic heterocycles. The molecule has 1 amide bonds. The summed E-state index contributed by atoms with van der Waals surface area (Å²) in [5.41, 5.74) is 1.26. The molecule has 0 bridgehead atoms. The van der Waals surface area contributed by atoms with Crippen molar-refractivity contribution in [3.63, 3.8) is 0 Å². The molecule has 16 heavy (non-hydrogen) atoms. The topological polar surface area (TPSA) is 49.4 Å². The average Bonchev–Trinajstić information content (AvgIpc) is 2.27. The number of benzene rings is 1. The van der Waals surface area contributed by atoms with Gasteiger partial charge in [-0.1, -0.05) is 0 Å². The first-order valence-corrected chi connectivity index (χ1v) is 4.82. The molecule has 1 aromatic rings. The van der Waals surface area contributed by atoms with Crippen molar-refractivity contribution in [3.8, 4) is 0 Å². The van der Waals surface area contributed by atoms with E-state index in [4.69, 9.17) is 0 Å². The van der Waals surface area contributed by atoms with Gasteiger partial charge in [0.05, 0.1) is 0 Å². The summed E-state index contributed by atoms with van der Waals surface area (Å²) in [5.74, 6) is -0.0636. The number of hydrogen-bond acceptors (Lipinski definition) is 3.